The summed E-state index contributed by atoms with van der Waals surface area (Å²) in [7, 11) is 2.09. The molecule has 19 heavy (non-hydrogen) atoms. The van der Waals surface area contributed by atoms with Gasteiger partial charge in [-0.1, -0.05) is 12.1 Å². The minimum Gasteiger partial charge on any atom is -0.332 e. The molecule has 3 rings (SSSR count). The minimum atomic E-state index is 0.0275. The van der Waals surface area contributed by atoms with Gasteiger partial charge in [-0.2, -0.15) is 0 Å². The van der Waals surface area contributed by atoms with Crippen LogP contribution in [0.15, 0.2) is 29.1 Å². The molecule has 1 aromatic carbocycles. The zero-order valence-corrected chi connectivity index (χ0v) is 11.7. The van der Waals surface area contributed by atoms with Crippen molar-refractivity contribution in [2.45, 2.75) is 18.9 Å². The highest BCUT2D eigenvalue weighted by molar-refractivity contribution is 7.71. The number of fused-ring (bicyclic) bond motifs is 1. The van der Waals surface area contributed by atoms with E-state index >= 15 is 0 Å². The van der Waals surface area contributed by atoms with Gasteiger partial charge in [0, 0.05) is 6.54 Å². The number of hydrogen-bond donors (Lipinski definition) is 1. The Morgan fingerprint density at radius 2 is 2.16 bits per heavy atom. The Balaban J connectivity index is 2.18. The molecule has 100 valence electrons. The highest BCUT2D eigenvalue weighted by Gasteiger charge is 2.21. The molecule has 0 saturated carbocycles. The molecule has 1 aliphatic heterocycles. The van der Waals surface area contributed by atoms with Crippen LogP contribution in [0.4, 0.5) is 0 Å². The predicted molar refractivity (Wildman–Crippen MR) is 79.2 cm³/mol. The number of likely N-dealkylation sites (tertiary alicyclic amines) is 1. The number of aromatic nitrogens is 2. The molecule has 0 spiro atoms. The van der Waals surface area contributed by atoms with E-state index in [1.54, 1.807) is 4.57 Å². The Bertz CT molecular complexity index is 718. The van der Waals surface area contributed by atoms with Crippen molar-refractivity contribution >= 4 is 23.1 Å². The molecule has 1 atom stereocenters. The van der Waals surface area contributed by atoms with Gasteiger partial charge >= 0.3 is 0 Å². The third-order valence-electron chi connectivity index (χ3n) is 3.80. The smallest absolute Gasteiger partial charge is 0.262 e. The second-order valence-corrected chi connectivity index (χ2v) is 5.60. The van der Waals surface area contributed by atoms with Crippen molar-refractivity contribution in [1.29, 1.82) is 0 Å². The molecule has 0 aliphatic carbocycles. The van der Waals surface area contributed by atoms with E-state index in [1.165, 1.54) is 0 Å². The van der Waals surface area contributed by atoms with Crippen LogP contribution in [0.2, 0.25) is 0 Å². The van der Waals surface area contributed by atoms with Gasteiger partial charge in [0.05, 0.1) is 16.9 Å². The van der Waals surface area contributed by atoms with Gasteiger partial charge in [0.15, 0.2) is 4.77 Å². The number of hydrogen-bond acceptors (Lipinski definition) is 3. The lowest BCUT2D eigenvalue weighted by atomic mass is 10.1. The second-order valence-electron chi connectivity index (χ2n) is 5.21. The van der Waals surface area contributed by atoms with E-state index in [0.717, 1.165) is 31.4 Å². The summed E-state index contributed by atoms with van der Waals surface area (Å²) in [5.41, 5.74) is 0.845. The number of para-hydroxylation sites is 1. The van der Waals surface area contributed by atoms with Crippen LogP contribution in [0.1, 0.15) is 18.9 Å². The van der Waals surface area contributed by atoms with E-state index in [1.807, 2.05) is 24.3 Å². The molecule has 1 fully saturated rings. The standard InChI is InChI=1S/C14H17N3OS/c1-16-8-4-5-10(9-16)17-13(18)11-6-2-3-7-12(11)15-14(17)19/h2-3,6-7,10H,4-5,8-9H2,1H3,(H,15,19). The molecule has 0 bridgehead atoms. The van der Waals surface area contributed by atoms with Gasteiger partial charge in [-0.25, -0.2) is 0 Å². The first-order chi connectivity index (χ1) is 9.16. The van der Waals surface area contributed by atoms with Gasteiger partial charge in [0.25, 0.3) is 5.56 Å². The van der Waals surface area contributed by atoms with Crippen LogP contribution in [0.25, 0.3) is 10.9 Å². The Labute approximate surface area is 116 Å². The number of nitrogens with zero attached hydrogens (tertiary/aromatic N) is 2. The third kappa shape index (κ3) is 2.24. The summed E-state index contributed by atoms with van der Waals surface area (Å²) in [4.78, 5) is 18.0. The van der Waals surface area contributed by atoms with Crippen molar-refractivity contribution in [2.24, 2.45) is 0 Å². The highest BCUT2D eigenvalue weighted by Crippen LogP contribution is 2.20. The first kappa shape index (κ1) is 12.6. The SMILES string of the molecule is CN1CCCC(n2c(=S)[nH]c3ccccc3c2=O)C1. The van der Waals surface area contributed by atoms with Crippen LogP contribution in [0.5, 0.6) is 0 Å². The van der Waals surface area contributed by atoms with Crippen LogP contribution in [-0.2, 0) is 0 Å². The average molecular weight is 275 g/mol. The quantitative estimate of drug-likeness (QED) is 0.812. The lowest BCUT2D eigenvalue weighted by Crippen LogP contribution is -2.38. The molecule has 2 aromatic rings. The zero-order valence-electron chi connectivity index (χ0n) is 10.9. The predicted octanol–water partition coefficient (Wildman–Crippen LogP) is 2.33. The number of nitrogens with one attached hydrogen (secondary N) is 1. The van der Waals surface area contributed by atoms with Crippen molar-refractivity contribution in [3.05, 3.63) is 39.4 Å². The topological polar surface area (TPSA) is 41.0 Å². The Morgan fingerprint density at radius 1 is 1.37 bits per heavy atom. The maximum atomic E-state index is 12.6. The largest absolute Gasteiger partial charge is 0.332 e. The molecule has 1 saturated heterocycles. The van der Waals surface area contributed by atoms with Crippen LogP contribution in [0.3, 0.4) is 0 Å². The van der Waals surface area contributed by atoms with Crippen molar-refractivity contribution < 1.29 is 0 Å². The highest BCUT2D eigenvalue weighted by atomic mass is 32.1. The van der Waals surface area contributed by atoms with E-state index in [4.69, 9.17) is 12.2 Å². The van der Waals surface area contributed by atoms with E-state index in [9.17, 15) is 4.79 Å². The molecule has 0 radical (unpaired) electrons. The fourth-order valence-electron chi connectivity index (χ4n) is 2.86. The number of aromatic amines is 1. The lowest BCUT2D eigenvalue weighted by molar-refractivity contribution is 0.208. The molecule has 2 heterocycles. The monoisotopic (exact) mass is 275 g/mol. The van der Waals surface area contributed by atoms with E-state index in [2.05, 4.69) is 16.9 Å². The van der Waals surface area contributed by atoms with Gasteiger partial charge in [-0.05, 0) is 50.8 Å². The van der Waals surface area contributed by atoms with Crippen molar-refractivity contribution in [2.75, 3.05) is 20.1 Å². The first-order valence-electron chi connectivity index (χ1n) is 6.59. The van der Waals surface area contributed by atoms with E-state index < -0.39 is 0 Å². The molecule has 0 amide bonds. The summed E-state index contributed by atoms with van der Waals surface area (Å²) in [6, 6.07) is 7.72. The zero-order chi connectivity index (χ0) is 13.4. The first-order valence-corrected chi connectivity index (χ1v) is 7.00. The van der Waals surface area contributed by atoms with Gasteiger partial charge in [0.2, 0.25) is 0 Å². The van der Waals surface area contributed by atoms with Gasteiger partial charge in [-0.15, -0.1) is 0 Å². The summed E-state index contributed by atoms with van der Waals surface area (Å²) in [5.74, 6) is 0. The molecule has 5 heteroatoms. The molecule has 1 unspecified atom stereocenters. The van der Waals surface area contributed by atoms with Crippen molar-refractivity contribution in [3.63, 3.8) is 0 Å². The summed E-state index contributed by atoms with van der Waals surface area (Å²) in [5, 5.41) is 0.712. The summed E-state index contributed by atoms with van der Waals surface area (Å²) in [6.07, 6.45) is 2.12. The molecule has 4 nitrogen and oxygen atoms in total. The van der Waals surface area contributed by atoms with E-state index in [0.29, 0.717) is 10.2 Å². The van der Waals surface area contributed by atoms with Crippen molar-refractivity contribution in [1.82, 2.24) is 14.5 Å². The van der Waals surface area contributed by atoms with E-state index in [-0.39, 0.29) is 11.6 Å². The van der Waals surface area contributed by atoms with Crippen molar-refractivity contribution in [3.8, 4) is 0 Å². The second kappa shape index (κ2) is 4.90. The molecular formula is C14H17N3OS. The molecule has 1 aliphatic rings. The summed E-state index contributed by atoms with van der Waals surface area (Å²) < 4.78 is 2.29. The van der Waals surface area contributed by atoms with Crippen LogP contribution >= 0.6 is 12.2 Å². The number of benzene rings is 1. The molecule has 1 N–H and O–H groups in total. The number of likely N-dealkylation sites (N-methyl/N-ethyl adjacent to an activating group) is 1. The summed E-state index contributed by atoms with van der Waals surface area (Å²) in [6.45, 7) is 1.98. The average Bonchev–Trinajstić information content (AvgIpc) is 2.39. The Hall–Kier alpha value is -1.46. The number of piperidine rings is 1. The normalized spacial score (nSPS) is 20.8. The number of rotatable bonds is 1. The number of H-pyrrole nitrogens is 1. The van der Waals surface area contributed by atoms with Crippen LogP contribution in [0, 0.1) is 4.77 Å². The van der Waals surface area contributed by atoms with Crippen LogP contribution in [-0.4, -0.2) is 34.6 Å². The Morgan fingerprint density at radius 3 is 2.95 bits per heavy atom. The van der Waals surface area contributed by atoms with Gasteiger partial charge < -0.3 is 9.88 Å². The van der Waals surface area contributed by atoms with Gasteiger partial charge in [0.1, 0.15) is 0 Å². The fraction of sp³-hybridized carbons (Fsp3) is 0.429. The fourth-order valence-corrected chi connectivity index (χ4v) is 3.20. The molecular weight excluding hydrogens is 258 g/mol. The Kier molecular flexibility index (Phi) is 3.24. The summed E-state index contributed by atoms with van der Waals surface area (Å²) >= 11 is 5.38. The van der Waals surface area contributed by atoms with Gasteiger partial charge in [-0.3, -0.25) is 9.36 Å². The lowest BCUT2D eigenvalue weighted by Gasteiger charge is -2.30. The maximum Gasteiger partial charge on any atom is 0.262 e. The van der Waals surface area contributed by atoms with Crippen LogP contribution < -0.4 is 5.56 Å². The minimum absolute atomic E-state index is 0.0275. The molecule has 1 aromatic heterocycles. The third-order valence-corrected chi connectivity index (χ3v) is 4.10. The maximum absolute atomic E-state index is 12.6.